The van der Waals surface area contributed by atoms with Gasteiger partial charge >= 0.3 is 0 Å². The Morgan fingerprint density at radius 2 is 1.56 bits per heavy atom. The van der Waals surface area contributed by atoms with Crippen molar-refractivity contribution in [2.45, 2.75) is 25.7 Å². The van der Waals surface area contributed by atoms with Gasteiger partial charge in [-0.2, -0.15) is 0 Å². The number of nitrogens with zero attached hydrogens (tertiary/aromatic N) is 1. The fourth-order valence-corrected chi connectivity index (χ4v) is 4.03. The first-order chi connectivity index (χ1) is 12.0. The monoisotopic (exact) mass is 336 g/mol. The lowest BCUT2D eigenvalue weighted by Gasteiger charge is -2.43. The van der Waals surface area contributed by atoms with Gasteiger partial charge in [0.05, 0.1) is 0 Å². The first-order valence-electron chi connectivity index (χ1n) is 8.66. The van der Waals surface area contributed by atoms with Crippen LogP contribution in [-0.4, -0.2) is 35.7 Å². The van der Waals surface area contributed by atoms with E-state index in [2.05, 4.69) is 5.32 Å². The molecule has 0 bridgehead atoms. The van der Waals surface area contributed by atoms with Gasteiger partial charge in [0.2, 0.25) is 11.8 Å². The predicted octanol–water partition coefficient (Wildman–Crippen LogP) is 2.50. The van der Waals surface area contributed by atoms with E-state index in [1.165, 1.54) is 0 Å². The molecule has 3 amide bonds. The molecule has 0 saturated carbocycles. The Morgan fingerprint density at radius 1 is 0.920 bits per heavy atom. The zero-order valence-electron chi connectivity index (χ0n) is 14.0. The number of rotatable bonds is 1. The van der Waals surface area contributed by atoms with E-state index in [0.29, 0.717) is 44.3 Å². The van der Waals surface area contributed by atoms with Crippen molar-refractivity contribution in [3.63, 3.8) is 0 Å². The molecule has 1 spiro atoms. The molecule has 2 aliphatic heterocycles. The lowest BCUT2D eigenvalue weighted by molar-refractivity contribution is -0.139. The second kappa shape index (κ2) is 5.99. The van der Waals surface area contributed by atoms with Crippen molar-refractivity contribution < 1.29 is 14.4 Å². The van der Waals surface area contributed by atoms with Crippen LogP contribution in [0.1, 0.15) is 36.0 Å². The largest absolute Gasteiger partial charge is 0.339 e. The number of hydrogen-bond acceptors (Lipinski definition) is 3. The minimum absolute atomic E-state index is 0.0205. The first kappa shape index (κ1) is 15.8. The molecular formula is C20H20N2O3. The van der Waals surface area contributed by atoms with Crippen molar-refractivity contribution in [2.75, 3.05) is 13.1 Å². The molecule has 0 radical (unpaired) electrons. The highest BCUT2D eigenvalue weighted by atomic mass is 16.2. The van der Waals surface area contributed by atoms with Crippen LogP contribution in [0.4, 0.5) is 0 Å². The number of amides is 3. The zero-order chi connectivity index (χ0) is 17.4. The molecule has 1 N–H and O–H groups in total. The van der Waals surface area contributed by atoms with Crippen LogP contribution in [0.15, 0.2) is 42.5 Å². The van der Waals surface area contributed by atoms with Crippen LogP contribution in [0.3, 0.4) is 0 Å². The Hall–Kier alpha value is -2.69. The highest BCUT2D eigenvalue weighted by Gasteiger charge is 2.42. The van der Waals surface area contributed by atoms with Crippen molar-refractivity contribution in [3.8, 4) is 0 Å². The summed E-state index contributed by atoms with van der Waals surface area (Å²) in [6.45, 7) is 1.18. The van der Waals surface area contributed by atoms with Crippen LogP contribution in [0.5, 0.6) is 0 Å². The number of piperidine rings is 2. The van der Waals surface area contributed by atoms with E-state index in [-0.39, 0.29) is 23.1 Å². The Balaban J connectivity index is 1.49. The number of benzene rings is 2. The third-order valence-corrected chi connectivity index (χ3v) is 5.46. The fraction of sp³-hybridized carbons (Fsp3) is 0.350. The quantitative estimate of drug-likeness (QED) is 0.814. The molecule has 2 aromatic rings. The molecule has 2 heterocycles. The topological polar surface area (TPSA) is 66.5 Å². The van der Waals surface area contributed by atoms with Crippen LogP contribution in [0.25, 0.3) is 10.8 Å². The Kier molecular flexibility index (Phi) is 3.79. The van der Waals surface area contributed by atoms with Gasteiger partial charge in [0.15, 0.2) is 0 Å². The molecule has 0 aromatic heterocycles. The SMILES string of the molecule is O=C1CC2(CCN(C(=O)c3ccc4ccccc4c3)CC2)CC(=O)N1. The average Bonchev–Trinajstić information content (AvgIpc) is 2.60. The smallest absolute Gasteiger partial charge is 0.253 e. The second-order valence-corrected chi connectivity index (χ2v) is 7.18. The molecule has 5 heteroatoms. The van der Waals surface area contributed by atoms with Gasteiger partial charge in [0.25, 0.3) is 5.91 Å². The van der Waals surface area contributed by atoms with E-state index >= 15 is 0 Å². The minimum atomic E-state index is -0.264. The summed E-state index contributed by atoms with van der Waals surface area (Å²) in [5.41, 5.74) is 0.423. The number of hydrogen-bond donors (Lipinski definition) is 1. The average molecular weight is 336 g/mol. The normalized spacial score (nSPS) is 19.9. The van der Waals surface area contributed by atoms with E-state index in [1.807, 2.05) is 47.4 Å². The predicted molar refractivity (Wildman–Crippen MR) is 93.9 cm³/mol. The highest BCUT2D eigenvalue weighted by molar-refractivity contribution is 5.99. The first-order valence-corrected chi connectivity index (χ1v) is 8.66. The molecule has 5 nitrogen and oxygen atoms in total. The Bertz CT molecular complexity index is 848. The maximum absolute atomic E-state index is 12.8. The van der Waals surface area contributed by atoms with E-state index in [9.17, 15) is 14.4 Å². The highest BCUT2D eigenvalue weighted by Crippen LogP contribution is 2.40. The Morgan fingerprint density at radius 3 is 2.24 bits per heavy atom. The third-order valence-electron chi connectivity index (χ3n) is 5.46. The van der Waals surface area contributed by atoms with Gasteiger partial charge in [-0.3, -0.25) is 19.7 Å². The van der Waals surface area contributed by atoms with Gasteiger partial charge in [-0.15, -0.1) is 0 Å². The number of carbonyl (C=O) groups excluding carboxylic acids is 3. The molecule has 0 atom stereocenters. The van der Waals surface area contributed by atoms with Gasteiger partial charge in [0, 0.05) is 31.5 Å². The van der Waals surface area contributed by atoms with Crippen molar-refractivity contribution >= 4 is 28.5 Å². The molecular weight excluding hydrogens is 316 g/mol. The minimum Gasteiger partial charge on any atom is -0.339 e. The molecule has 2 fully saturated rings. The van der Waals surface area contributed by atoms with Crippen LogP contribution < -0.4 is 5.32 Å². The lowest BCUT2D eigenvalue weighted by Crippen LogP contribution is -2.50. The summed E-state index contributed by atoms with van der Waals surface area (Å²) in [5, 5.41) is 4.54. The maximum Gasteiger partial charge on any atom is 0.253 e. The van der Waals surface area contributed by atoms with Crippen LogP contribution in [-0.2, 0) is 9.59 Å². The van der Waals surface area contributed by atoms with Crippen LogP contribution >= 0.6 is 0 Å². The molecule has 0 aliphatic carbocycles. The standard InChI is InChI=1S/C20H20N2O3/c23-17-12-20(13-18(24)21-17)7-9-22(10-8-20)19(25)16-6-5-14-3-1-2-4-15(14)11-16/h1-6,11H,7-10,12-13H2,(H,21,23,24). The number of nitrogens with one attached hydrogen (secondary N) is 1. The van der Waals surface area contributed by atoms with Crippen LogP contribution in [0, 0.1) is 5.41 Å². The van der Waals surface area contributed by atoms with E-state index < -0.39 is 0 Å². The van der Waals surface area contributed by atoms with Gasteiger partial charge < -0.3 is 4.90 Å². The summed E-state index contributed by atoms with van der Waals surface area (Å²) in [4.78, 5) is 38.1. The van der Waals surface area contributed by atoms with Crippen molar-refractivity contribution in [1.82, 2.24) is 10.2 Å². The van der Waals surface area contributed by atoms with Crippen LogP contribution in [0.2, 0.25) is 0 Å². The van der Waals surface area contributed by atoms with E-state index in [1.54, 1.807) is 0 Å². The molecule has 25 heavy (non-hydrogen) atoms. The number of likely N-dealkylation sites (tertiary alicyclic amines) is 1. The lowest BCUT2D eigenvalue weighted by atomic mass is 9.71. The van der Waals surface area contributed by atoms with Gasteiger partial charge in [-0.25, -0.2) is 0 Å². The summed E-state index contributed by atoms with van der Waals surface area (Å²) in [7, 11) is 0. The Labute approximate surface area is 146 Å². The molecule has 0 unspecified atom stereocenters. The third kappa shape index (κ3) is 3.02. The molecule has 2 saturated heterocycles. The summed E-state index contributed by atoms with van der Waals surface area (Å²) in [6, 6.07) is 13.7. The molecule has 128 valence electrons. The van der Waals surface area contributed by atoms with E-state index in [0.717, 1.165) is 10.8 Å². The zero-order valence-corrected chi connectivity index (χ0v) is 14.0. The summed E-state index contributed by atoms with van der Waals surface area (Å²) in [6.07, 6.45) is 2.17. The maximum atomic E-state index is 12.8. The van der Waals surface area contributed by atoms with Crippen molar-refractivity contribution in [3.05, 3.63) is 48.0 Å². The molecule has 4 rings (SSSR count). The summed E-state index contributed by atoms with van der Waals surface area (Å²) in [5.74, 6) is -0.358. The number of fused-ring (bicyclic) bond motifs is 1. The van der Waals surface area contributed by atoms with Gasteiger partial charge in [-0.05, 0) is 41.2 Å². The fourth-order valence-electron chi connectivity index (χ4n) is 4.03. The number of carbonyl (C=O) groups is 3. The van der Waals surface area contributed by atoms with Gasteiger partial charge in [0.1, 0.15) is 0 Å². The number of imide groups is 1. The van der Waals surface area contributed by atoms with Crippen molar-refractivity contribution in [1.29, 1.82) is 0 Å². The van der Waals surface area contributed by atoms with Crippen molar-refractivity contribution in [2.24, 2.45) is 5.41 Å². The summed E-state index contributed by atoms with van der Waals surface area (Å²) >= 11 is 0. The van der Waals surface area contributed by atoms with E-state index in [4.69, 9.17) is 0 Å². The second-order valence-electron chi connectivity index (χ2n) is 7.18. The molecule has 2 aromatic carbocycles. The summed E-state index contributed by atoms with van der Waals surface area (Å²) < 4.78 is 0. The molecule has 2 aliphatic rings. The van der Waals surface area contributed by atoms with Gasteiger partial charge in [-0.1, -0.05) is 30.3 Å².